The van der Waals surface area contributed by atoms with Crippen molar-refractivity contribution in [1.29, 1.82) is 0 Å². The smallest absolute Gasteiger partial charge is 0.360 e. The van der Waals surface area contributed by atoms with Crippen LogP contribution in [0.15, 0.2) is 24.3 Å². The van der Waals surface area contributed by atoms with Crippen LogP contribution < -0.4 is 4.84 Å². The van der Waals surface area contributed by atoms with E-state index in [4.69, 9.17) is 9.68 Å². The number of hydroxylamine groups is 4. The maximum Gasteiger partial charge on any atom is 0.360 e. The van der Waals surface area contributed by atoms with Gasteiger partial charge >= 0.3 is 5.97 Å². The Morgan fingerprint density at radius 3 is 2.05 bits per heavy atom. The van der Waals surface area contributed by atoms with Gasteiger partial charge in [0.1, 0.15) is 5.56 Å². The van der Waals surface area contributed by atoms with E-state index in [9.17, 15) is 4.79 Å². The molecule has 1 aromatic rings. The Bertz CT molecular complexity index is 415. The topological polar surface area (TPSA) is 42.0 Å². The summed E-state index contributed by atoms with van der Waals surface area (Å²) in [4.78, 5) is 23.2. The van der Waals surface area contributed by atoms with Crippen LogP contribution in [0.1, 0.15) is 38.1 Å². The van der Waals surface area contributed by atoms with E-state index >= 15 is 0 Å². The van der Waals surface area contributed by atoms with E-state index in [-0.39, 0.29) is 0 Å². The Kier molecular flexibility index (Phi) is 7.04. The maximum atomic E-state index is 12.2. The fourth-order valence-electron chi connectivity index (χ4n) is 1.73. The molecule has 0 saturated carbocycles. The van der Waals surface area contributed by atoms with Crippen molar-refractivity contribution in [2.24, 2.45) is 0 Å². The molecule has 20 heavy (non-hydrogen) atoms. The highest BCUT2D eigenvalue weighted by molar-refractivity contribution is 5.92. The Balaban J connectivity index is 2.86. The molecule has 0 heterocycles. The zero-order chi connectivity index (χ0) is 15.0. The average Bonchev–Trinajstić information content (AvgIpc) is 2.50. The molecule has 0 bridgehead atoms. The lowest BCUT2D eigenvalue weighted by Gasteiger charge is -2.21. The van der Waals surface area contributed by atoms with Gasteiger partial charge in [-0.25, -0.2) is 4.79 Å². The molecule has 0 aromatic heterocycles. The van der Waals surface area contributed by atoms with Crippen molar-refractivity contribution in [2.75, 3.05) is 26.2 Å². The Labute approximate surface area is 121 Å². The molecular formula is C15H24N2O3. The van der Waals surface area contributed by atoms with Crippen molar-refractivity contribution in [3.05, 3.63) is 29.8 Å². The summed E-state index contributed by atoms with van der Waals surface area (Å²) in [6, 6.07) is 7.13. The van der Waals surface area contributed by atoms with Crippen LogP contribution in [0.2, 0.25) is 0 Å². The van der Waals surface area contributed by atoms with E-state index in [1.54, 1.807) is 28.3 Å². The van der Waals surface area contributed by atoms with Gasteiger partial charge in [-0.3, -0.25) is 0 Å². The van der Waals surface area contributed by atoms with E-state index in [0.717, 1.165) is 13.1 Å². The predicted octanol–water partition coefficient (Wildman–Crippen LogP) is 2.74. The van der Waals surface area contributed by atoms with E-state index in [0.29, 0.717) is 24.4 Å². The average molecular weight is 280 g/mol. The van der Waals surface area contributed by atoms with Crippen molar-refractivity contribution in [3.8, 4) is 5.75 Å². The van der Waals surface area contributed by atoms with Gasteiger partial charge < -0.3 is 9.68 Å². The van der Waals surface area contributed by atoms with Gasteiger partial charge in [-0.15, -0.1) is 10.1 Å². The zero-order valence-corrected chi connectivity index (χ0v) is 12.8. The van der Waals surface area contributed by atoms with E-state index in [2.05, 4.69) is 0 Å². The SMILES string of the molecule is CCN(CC)OC(=O)c1ccccc1ON(CC)CC. The van der Waals surface area contributed by atoms with Crippen molar-refractivity contribution in [1.82, 2.24) is 10.1 Å². The lowest BCUT2D eigenvalue weighted by atomic mass is 10.2. The fraction of sp³-hybridized carbons (Fsp3) is 0.533. The minimum atomic E-state index is -0.392. The minimum absolute atomic E-state index is 0.392. The number of hydrogen-bond donors (Lipinski definition) is 0. The normalized spacial score (nSPS) is 10.9. The second-order valence-corrected chi connectivity index (χ2v) is 4.19. The summed E-state index contributed by atoms with van der Waals surface area (Å²) in [5.41, 5.74) is 0.436. The quantitative estimate of drug-likeness (QED) is 0.685. The molecule has 1 aromatic carbocycles. The summed E-state index contributed by atoms with van der Waals surface area (Å²) >= 11 is 0. The first-order valence-electron chi connectivity index (χ1n) is 7.15. The molecule has 0 aliphatic heterocycles. The standard InChI is InChI=1S/C15H24N2O3/c1-5-16(6-2)19-14-12-10-9-11-13(14)15(18)20-17(7-3)8-4/h9-12H,5-8H2,1-4H3. The molecule has 0 aliphatic rings. The third-order valence-corrected chi connectivity index (χ3v) is 2.96. The van der Waals surface area contributed by atoms with Crippen LogP contribution in [0.3, 0.4) is 0 Å². The lowest BCUT2D eigenvalue weighted by molar-refractivity contribution is -0.104. The number of rotatable bonds is 8. The number of benzene rings is 1. The summed E-state index contributed by atoms with van der Waals surface area (Å²) in [5, 5.41) is 3.39. The van der Waals surface area contributed by atoms with Crippen LogP contribution in [0, 0.1) is 0 Å². The van der Waals surface area contributed by atoms with Gasteiger partial charge in [0.15, 0.2) is 5.75 Å². The summed E-state index contributed by atoms with van der Waals surface area (Å²) in [6.45, 7) is 10.7. The van der Waals surface area contributed by atoms with E-state index in [1.165, 1.54) is 0 Å². The fourth-order valence-corrected chi connectivity index (χ4v) is 1.73. The molecule has 0 saturated heterocycles. The molecule has 1 rings (SSSR count). The van der Waals surface area contributed by atoms with Crippen molar-refractivity contribution >= 4 is 5.97 Å². The number of carbonyl (C=O) groups is 1. The van der Waals surface area contributed by atoms with Gasteiger partial charge in [-0.05, 0) is 39.8 Å². The highest BCUT2D eigenvalue weighted by Crippen LogP contribution is 2.20. The first kappa shape index (κ1) is 16.5. The maximum absolute atomic E-state index is 12.2. The molecule has 0 spiro atoms. The largest absolute Gasteiger partial charge is 0.405 e. The van der Waals surface area contributed by atoms with Gasteiger partial charge in [-0.1, -0.05) is 12.1 Å². The van der Waals surface area contributed by atoms with Crippen LogP contribution >= 0.6 is 0 Å². The van der Waals surface area contributed by atoms with Gasteiger partial charge in [0.2, 0.25) is 0 Å². The predicted molar refractivity (Wildman–Crippen MR) is 78.3 cm³/mol. The first-order valence-corrected chi connectivity index (χ1v) is 7.15. The molecular weight excluding hydrogens is 256 g/mol. The zero-order valence-electron chi connectivity index (χ0n) is 12.8. The molecule has 112 valence electrons. The molecule has 0 radical (unpaired) electrons. The lowest BCUT2D eigenvalue weighted by Crippen LogP contribution is -2.29. The molecule has 5 heteroatoms. The highest BCUT2D eigenvalue weighted by atomic mass is 16.7. The third kappa shape index (κ3) is 4.51. The summed E-state index contributed by atoms with van der Waals surface area (Å²) in [7, 11) is 0. The number of nitrogens with zero attached hydrogens (tertiary/aromatic N) is 2. The van der Waals surface area contributed by atoms with Gasteiger partial charge in [0, 0.05) is 26.2 Å². The number of carbonyl (C=O) groups excluding carboxylic acids is 1. The van der Waals surface area contributed by atoms with E-state index in [1.807, 2.05) is 33.8 Å². The molecule has 0 unspecified atom stereocenters. The molecule has 0 N–H and O–H groups in total. The molecule has 0 aliphatic carbocycles. The number of para-hydroxylation sites is 1. The van der Waals surface area contributed by atoms with Gasteiger partial charge in [-0.2, -0.15) is 0 Å². The van der Waals surface area contributed by atoms with Crippen LogP contribution in [0.4, 0.5) is 0 Å². The Morgan fingerprint density at radius 1 is 0.950 bits per heavy atom. The molecule has 0 amide bonds. The third-order valence-electron chi connectivity index (χ3n) is 2.96. The van der Waals surface area contributed by atoms with Crippen molar-refractivity contribution in [3.63, 3.8) is 0 Å². The second kappa shape index (κ2) is 8.55. The molecule has 0 fully saturated rings. The molecule has 0 atom stereocenters. The number of hydrogen-bond acceptors (Lipinski definition) is 5. The Hall–Kier alpha value is -1.59. The van der Waals surface area contributed by atoms with Crippen LogP contribution in [0.5, 0.6) is 5.75 Å². The Morgan fingerprint density at radius 2 is 1.50 bits per heavy atom. The van der Waals surface area contributed by atoms with Crippen LogP contribution in [0.25, 0.3) is 0 Å². The summed E-state index contributed by atoms with van der Waals surface area (Å²) in [5.74, 6) is 0.129. The second-order valence-electron chi connectivity index (χ2n) is 4.19. The monoisotopic (exact) mass is 280 g/mol. The summed E-state index contributed by atoms with van der Waals surface area (Å²) in [6.07, 6.45) is 0. The summed E-state index contributed by atoms with van der Waals surface area (Å²) < 4.78 is 0. The van der Waals surface area contributed by atoms with Crippen molar-refractivity contribution < 1.29 is 14.5 Å². The highest BCUT2D eigenvalue weighted by Gasteiger charge is 2.18. The first-order chi connectivity index (χ1) is 9.65. The van der Waals surface area contributed by atoms with Crippen LogP contribution in [-0.4, -0.2) is 42.3 Å². The van der Waals surface area contributed by atoms with Crippen molar-refractivity contribution in [2.45, 2.75) is 27.7 Å². The van der Waals surface area contributed by atoms with Gasteiger partial charge in [0.05, 0.1) is 0 Å². The minimum Gasteiger partial charge on any atom is -0.405 e. The molecule has 5 nitrogen and oxygen atoms in total. The van der Waals surface area contributed by atoms with E-state index < -0.39 is 5.97 Å². The van der Waals surface area contributed by atoms with Crippen LogP contribution in [-0.2, 0) is 4.84 Å². The van der Waals surface area contributed by atoms with Gasteiger partial charge in [0.25, 0.3) is 0 Å².